The monoisotopic (exact) mass is 520 g/mol. The van der Waals surface area contributed by atoms with E-state index in [4.69, 9.17) is 19.8 Å². The summed E-state index contributed by atoms with van der Waals surface area (Å²) in [6.45, 7) is 0. The molecule has 0 amide bonds. The van der Waals surface area contributed by atoms with E-state index in [1.54, 1.807) is 18.2 Å². The highest BCUT2D eigenvalue weighted by Gasteiger charge is 2.20. The van der Waals surface area contributed by atoms with Crippen molar-refractivity contribution in [2.45, 2.75) is 0 Å². The molecule has 3 heteroatoms. The average molecular weight is 521 g/mol. The van der Waals surface area contributed by atoms with Gasteiger partial charge in [-0.25, -0.2) is 0 Å². The number of benzene rings is 6. The Morgan fingerprint density at radius 2 is 1.14 bits per heavy atom. The summed E-state index contributed by atoms with van der Waals surface area (Å²) in [7, 11) is 0. The molecule has 164 valence electrons. The number of fused-ring (bicyclic) bond motifs is 8. The van der Waals surface area contributed by atoms with Crippen LogP contribution < -0.4 is 0 Å². The van der Waals surface area contributed by atoms with E-state index in [0.717, 1.165) is 16.4 Å². The van der Waals surface area contributed by atoms with Crippen molar-refractivity contribution in [3.05, 3.63) is 107 Å². The molecule has 35 heavy (non-hydrogen) atoms. The fourth-order valence-corrected chi connectivity index (χ4v) is 5.70. The van der Waals surface area contributed by atoms with Gasteiger partial charge in [-0.3, -0.25) is 0 Å². The van der Waals surface area contributed by atoms with Gasteiger partial charge in [0.25, 0.3) is 0 Å². The Balaban J connectivity index is 1.65. The summed E-state index contributed by atoms with van der Waals surface area (Å²) in [6, 6.07) is 13.8. The second kappa shape index (κ2) is 6.97. The van der Waals surface area contributed by atoms with Gasteiger partial charge in [0.05, 0.1) is 11.0 Å². The molecule has 0 saturated carbocycles. The SMILES string of the molecule is [2H]c1c([2H])c([2H])c2c(-c3cccc4oc5cc6c(cc5c34)oc3ccccc36)c3c([2H])c([2H])c([2H])c([2H])c3c(Br)c2c1[2H]. The number of hydrogen-bond acceptors (Lipinski definition) is 2. The van der Waals surface area contributed by atoms with Gasteiger partial charge in [-0.15, -0.1) is 0 Å². The highest BCUT2D eigenvalue weighted by molar-refractivity contribution is 9.10. The minimum atomic E-state index is -0.445. The summed E-state index contributed by atoms with van der Waals surface area (Å²) in [6.07, 6.45) is 0. The zero-order valence-electron chi connectivity index (χ0n) is 25.9. The largest absolute Gasteiger partial charge is 0.456 e. The van der Waals surface area contributed by atoms with E-state index in [1.165, 1.54) is 0 Å². The minimum Gasteiger partial charge on any atom is -0.456 e. The quantitative estimate of drug-likeness (QED) is 0.201. The van der Waals surface area contributed by atoms with Crippen LogP contribution >= 0.6 is 15.9 Å². The van der Waals surface area contributed by atoms with Gasteiger partial charge in [0.1, 0.15) is 22.3 Å². The first-order valence-corrected chi connectivity index (χ1v) is 11.8. The van der Waals surface area contributed by atoms with Gasteiger partial charge in [0.15, 0.2) is 0 Å². The van der Waals surface area contributed by atoms with E-state index >= 15 is 0 Å². The Hall–Kier alpha value is -4.08. The van der Waals surface area contributed by atoms with Gasteiger partial charge in [0, 0.05) is 26.0 Å². The van der Waals surface area contributed by atoms with Crippen LogP contribution in [0.3, 0.4) is 0 Å². The van der Waals surface area contributed by atoms with Gasteiger partial charge in [-0.2, -0.15) is 0 Å². The normalized spacial score (nSPS) is 15.3. The smallest absolute Gasteiger partial charge is 0.136 e. The van der Waals surface area contributed by atoms with E-state index in [0.29, 0.717) is 33.1 Å². The summed E-state index contributed by atoms with van der Waals surface area (Å²) < 4.78 is 81.9. The molecule has 0 spiro atoms. The van der Waals surface area contributed by atoms with E-state index in [2.05, 4.69) is 15.9 Å². The standard InChI is InChI=1S/C32H17BrO2/c33-32-21-11-3-1-9-19(21)30(20-10-2-4-12-22(20)32)23-13-7-15-27-31(23)25-17-28-24(16-29(25)35-27)18-8-5-6-14-26(18)34-28/h1-17H/i1D,2D,3D,4D,9D,10D,11D,12D. The van der Waals surface area contributed by atoms with Crippen LogP contribution in [-0.4, -0.2) is 0 Å². The second-order valence-electron chi connectivity index (χ2n) is 8.41. The van der Waals surface area contributed by atoms with Crippen LogP contribution in [0.5, 0.6) is 0 Å². The third kappa shape index (κ3) is 2.59. The van der Waals surface area contributed by atoms with Gasteiger partial charge >= 0.3 is 0 Å². The van der Waals surface area contributed by atoms with E-state index in [1.807, 2.05) is 36.4 Å². The van der Waals surface area contributed by atoms with Gasteiger partial charge in [0.2, 0.25) is 0 Å². The van der Waals surface area contributed by atoms with Crippen LogP contribution in [0.2, 0.25) is 0 Å². The molecule has 2 heterocycles. The van der Waals surface area contributed by atoms with Gasteiger partial charge in [-0.1, -0.05) is 78.7 Å². The summed E-state index contributed by atoms with van der Waals surface area (Å²) in [5.41, 5.74) is 3.23. The lowest BCUT2D eigenvalue weighted by molar-refractivity contribution is 0.664. The van der Waals surface area contributed by atoms with Crippen molar-refractivity contribution in [3.63, 3.8) is 0 Å². The van der Waals surface area contributed by atoms with Crippen molar-refractivity contribution in [1.29, 1.82) is 0 Å². The number of rotatable bonds is 1. The predicted octanol–water partition coefficient (Wildman–Crippen LogP) is 10.2. The molecular weight excluding hydrogens is 496 g/mol. The maximum Gasteiger partial charge on any atom is 0.136 e. The molecule has 0 atom stereocenters. The van der Waals surface area contributed by atoms with Crippen molar-refractivity contribution in [2.24, 2.45) is 0 Å². The molecule has 0 bridgehead atoms. The fraction of sp³-hybridized carbons (Fsp3) is 0. The van der Waals surface area contributed by atoms with E-state index in [9.17, 15) is 0 Å². The van der Waals surface area contributed by atoms with E-state index < -0.39 is 24.2 Å². The molecular formula is C32H17BrO2. The van der Waals surface area contributed by atoms with Crippen LogP contribution in [0.15, 0.2) is 116 Å². The molecule has 0 aliphatic heterocycles. The molecule has 8 rings (SSSR count). The molecule has 0 unspecified atom stereocenters. The van der Waals surface area contributed by atoms with Crippen molar-refractivity contribution in [1.82, 2.24) is 0 Å². The first kappa shape index (κ1) is 13.1. The average Bonchev–Trinajstić information content (AvgIpc) is 3.56. The zero-order valence-corrected chi connectivity index (χ0v) is 19.5. The molecule has 0 fully saturated rings. The van der Waals surface area contributed by atoms with Crippen LogP contribution in [0.25, 0.3) is 76.5 Å². The third-order valence-corrected chi connectivity index (χ3v) is 7.37. The Morgan fingerprint density at radius 1 is 0.543 bits per heavy atom. The number of hydrogen-bond donors (Lipinski definition) is 0. The fourth-order valence-electron chi connectivity index (χ4n) is 5.10. The lowest BCUT2D eigenvalue weighted by atomic mass is 9.90. The number of halogens is 1. The van der Waals surface area contributed by atoms with Crippen LogP contribution in [-0.2, 0) is 0 Å². The van der Waals surface area contributed by atoms with Crippen LogP contribution in [0, 0.1) is 0 Å². The summed E-state index contributed by atoms with van der Waals surface area (Å²) in [5, 5.41) is 3.69. The summed E-state index contributed by atoms with van der Waals surface area (Å²) in [4.78, 5) is 0. The van der Waals surface area contributed by atoms with Crippen LogP contribution in [0.4, 0.5) is 0 Å². The Bertz CT molecular complexity index is 2490. The maximum absolute atomic E-state index is 8.97. The number of para-hydroxylation sites is 1. The highest BCUT2D eigenvalue weighted by Crippen LogP contribution is 2.46. The summed E-state index contributed by atoms with van der Waals surface area (Å²) in [5.74, 6) is 0. The first-order chi connectivity index (χ1) is 20.6. The summed E-state index contributed by atoms with van der Waals surface area (Å²) >= 11 is 3.48. The molecule has 0 aliphatic rings. The molecule has 6 aromatic carbocycles. The van der Waals surface area contributed by atoms with Crippen molar-refractivity contribution in [2.75, 3.05) is 0 Å². The molecule has 0 N–H and O–H groups in total. The van der Waals surface area contributed by atoms with Gasteiger partial charge in [-0.05, 0) is 72.9 Å². The molecule has 8 aromatic rings. The molecule has 0 saturated heterocycles. The minimum absolute atomic E-state index is 0.128. The lowest BCUT2D eigenvalue weighted by Gasteiger charge is -2.15. The Labute approximate surface area is 219 Å². The third-order valence-electron chi connectivity index (χ3n) is 6.58. The molecule has 2 aromatic heterocycles. The van der Waals surface area contributed by atoms with Crippen molar-refractivity contribution in [3.8, 4) is 11.1 Å². The molecule has 2 nitrogen and oxygen atoms in total. The topological polar surface area (TPSA) is 26.3 Å². The van der Waals surface area contributed by atoms with Gasteiger partial charge < -0.3 is 8.83 Å². The molecule has 0 radical (unpaired) electrons. The van der Waals surface area contributed by atoms with E-state index in [-0.39, 0.29) is 55.8 Å². The highest BCUT2D eigenvalue weighted by atomic mass is 79.9. The first-order valence-electron chi connectivity index (χ1n) is 15.0. The van der Waals surface area contributed by atoms with Crippen LogP contribution in [0.1, 0.15) is 11.0 Å². The van der Waals surface area contributed by atoms with Crippen molar-refractivity contribution >= 4 is 81.4 Å². The number of furan rings is 2. The lowest BCUT2D eigenvalue weighted by Crippen LogP contribution is -1.88. The van der Waals surface area contributed by atoms with Crippen molar-refractivity contribution < 1.29 is 19.8 Å². The Kier molecular flexibility index (Phi) is 2.61. The molecule has 0 aliphatic carbocycles. The zero-order chi connectivity index (χ0) is 30.1. The Morgan fingerprint density at radius 3 is 1.91 bits per heavy atom. The predicted molar refractivity (Wildman–Crippen MR) is 149 cm³/mol. The second-order valence-corrected chi connectivity index (χ2v) is 9.21. The maximum atomic E-state index is 8.97.